The highest BCUT2D eigenvalue weighted by Crippen LogP contribution is 2.13. The minimum Gasteiger partial charge on any atom is -0.327 e. The SMILES string of the molecule is NC/C(=C\F)CCc1ccc(Cl)cc1. The molecule has 0 aromatic heterocycles. The van der Waals surface area contributed by atoms with Gasteiger partial charge in [-0.2, -0.15) is 0 Å². The van der Waals surface area contributed by atoms with Gasteiger partial charge < -0.3 is 5.73 Å². The van der Waals surface area contributed by atoms with Crippen LogP contribution in [0.5, 0.6) is 0 Å². The predicted octanol–water partition coefficient (Wildman–Crippen LogP) is 3.08. The van der Waals surface area contributed by atoms with Crippen molar-refractivity contribution in [1.82, 2.24) is 0 Å². The van der Waals surface area contributed by atoms with Gasteiger partial charge in [-0.15, -0.1) is 0 Å². The van der Waals surface area contributed by atoms with Crippen molar-refractivity contribution in [2.75, 3.05) is 6.54 Å². The Kier molecular flexibility index (Phi) is 4.63. The lowest BCUT2D eigenvalue weighted by molar-refractivity contribution is 0.692. The maximum Gasteiger partial charge on any atom is 0.0871 e. The second kappa shape index (κ2) is 5.78. The molecule has 0 saturated heterocycles. The van der Waals surface area contributed by atoms with Gasteiger partial charge in [0.15, 0.2) is 0 Å². The summed E-state index contributed by atoms with van der Waals surface area (Å²) >= 11 is 5.74. The van der Waals surface area contributed by atoms with Gasteiger partial charge in [0.05, 0.1) is 6.33 Å². The molecule has 76 valence electrons. The fourth-order valence-corrected chi connectivity index (χ4v) is 1.28. The summed E-state index contributed by atoms with van der Waals surface area (Å²) in [5, 5.41) is 0.717. The van der Waals surface area contributed by atoms with E-state index in [2.05, 4.69) is 0 Å². The molecule has 0 atom stereocenters. The minimum absolute atomic E-state index is 0.282. The van der Waals surface area contributed by atoms with E-state index >= 15 is 0 Å². The monoisotopic (exact) mass is 213 g/mol. The third-order valence-corrected chi connectivity index (χ3v) is 2.32. The summed E-state index contributed by atoms with van der Waals surface area (Å²) in [5.74, 6) is 0. The maximum atomic E-state index is 12.2. The average Bonchev–Trinajstić information content (AvgIpc) is 2.22. The zero-order valence-electron chi connectivity index (χ0n) is 7.84. The van der Waals surface area contributed by atoms with Crippen molar-refractivity contribution in [3.05, 3.63) is 46.8 Å². The molecule has 1 aromatic rings. The normalized spacial score (nSPS) is 11.8. The van der Waals surface area contributed by atoms with Crippen LogP contribution < -0.4 is 5.73 Å². The van der Waals surface area contributed by atoms with Crippen molar-refractivity contribution in [2.45, 2.75) is 12.8 Å². The first kappa shape index (κ1) is 11.2. The third kappa shape index (κ3) is 3.48. The van der Waals surface area contributed by atoms with E-state index in [-0.39, 0.29) is 6.54 Å². The number of halogens is 2. The standard InChI is InChI=1S/C11H13ClFN/c12-11-5-3-9(4-6-11)1-2-10(7-13)8-14/h3-7H,1-2,8,14H2/b10-7-. The Morgan fingerprint density at radius 3 is 2.50 bits per heavy atom. The van der Waals surface area contributed by atoms with Gasteiger partial charge in [-0.05, 0) is 36.1 Å². The van der Waals surface area contributed by atoms with E-state index in [1.54, 1.807) is 0 Å². The van der Waals surface area contributed by atoms with Crippen LogP contribution in [-0.2, 0) is 6.42 Å². The Balaban J connectivity index is 2.49. The largest absolute Gasteiger partial charge is 0.327 e. The molecule has 1 aromatic carbocycles. The van der Waals surface area contributed by atoms with Gasteiger partial charge in [-0.3, -0.25) is 0 Å². The fraction of sp³-hybridized carbons (Fsp3) is 0.273. The lowest BCUT2D eigenvalue weighted by atomic mass is 10.1. The zero-order chi connectivity index (χ0) is 10.4. The number of hydrogen-bond acceptors (Lipinski definition) is 1. The number of benzene rings is 1. The Bertz CT molecular complexity index is 306. The molecule has 0 aliphatic heterocycles. The van der Waals surface area contributed by atoms with Crippen LogP contribution in [0.2, 0.25) is 5.02 Å². The number of aryl methyl sites for hydroxylation is 1. The Labute approximate surface area is 88.4 Å². The summed E-state index contributed by atoms with van der Waals surface area (Å²) in [6.07, 6.45) is 2.05. The van der Waals surface area contributed by atoms with Crippen molar-refractivity contribution in [1.29, 1.82) is 0 Å². The molecule has 0 bridgehead atoms. The van der Waals surface area contributed by atoms with Crippen LogP contribution in [0.15, 0.2) is 36.2 Å². The number of hydrogen-bond donors (Lipinski definition) is 1. The summed E-state index contributed by atoms with van der Waals surface area (Å²) < 4.78 is 12.2. The molecule has 0 saturated carbocycles. The average molecular weight is 214 g/mol. The fourth-order valence-electron chi connectivity index (χ4n) is 1.16. The second-order valence-corrected chi connectivity index (χ2v) is 3.53. The quantitative estimate of drug-likeness (QED) is 0.818. The third-order valence-electron chi connectivity index (χ3n) is 2.06. The first-order valence-corrected chi connectivity index (χ1v) is 4.86. The Morgan fingerprint density at radius 1 is 1.36 bits per heavy atom. The molecule has 0 unspecified atom stereocenters. The first-order chi connectivity index (χ1) is 6.76. The molecule has 0 amide bonds. The van der Waals surface area contributed by atoms with E-state index in [1.165, 1.54) is 0 Å². The lowest BCUT2D eigenvalue weighted by Gasteiger charge is -2.02. The van der Waals surface area contributed by atoms with Gasteiger partial charge in [0.2, 0.25) is 0 Å². The van der Waals surface area contributed by atoms with Crippen LogP contribution in [0.25, 0.3) is 0 Å². The van der Waals surface area contributed by atoms with Crippen LogP contribution in [0, 0.1) is 0 Å². The van der Waals surface area contributed by atoms with E-state index in [9.17, 15) is 4.39 Å². The molecule has 0 aliphatic carbocycles. The Morgan fingerprint density at radius 2 is 2.00 bits per heavy atom. The molecule has 0 fully saturated rings. The van der Waals surface area contributed by atoms with Crippen molar-refractivity contribution < 1.29 is 4.39 Å². The van der Waals surface area contributed by atoms with E-state index in [1.807, 2.05) is 24.3 Å². The molecule has 0 radical (unpaired) electrons. The summed E-state index contributed by atoms with van der Waals surface area (Å²) in [7, 11) is 0. The van der Waals surface area contributed by atoms with Crippen molar-refractivity contribution in [3.8, 4) is 0 Å². The van der Waals surface area contributed by atoms with Crippen LogP contribution in [0.3, 0.4) is 0 Å². The topological polar surface area (TPSA) is 26.0 Å². The van der Waals surface area contributed by atoms with Crippen molar-refractivity contribution in [2.24, 2.45) is 5.73 Å². The molecule has 1 nitrogen and oxygen atoms in total. The van der Waals surface area contributed by atoms with Crippen molar-refractivity contribution in [3.63, 3.8) is 0 Å². The highest BCUT2D eigenvalue weighted by molar-refractivity contribution is 6.30. The highest BCUT2D eigenvalue weighted by Gasteiger charge is 1.97. The molecule has 3 heteroatoms. The summed E-state index contributed by atoms with van der Waals surface area (Å²) in [6, 6.07) is 7.54. The second-order valence-electron chi connectivity index (χ2n) is 3.10. The first-order valence-electron chi connectivity index (χ1n) is 4.49. The smallest absolute Gasteiger partial charge is 0.0871 e. The van der Waals surface area contributed by atoms with Gasteiger partial charge >= 0.3 is 0 Å². The van der Waals surface area contributed by atoms with Crippen LogP contribution >= 0.6 is 11.6 Å². The van der Waals surface area contributed by atoms with E-state index in [0.29, 0.717) is 23.3 Å². The molecular formula is C11H13ClFN. The molecule has 0 aliphatic rings. The Hall–Kier alpha value is -0.860. The van der Waals surface area contributed by atoms with E-state index in [4.69, 9.17) is 17.3 Å². The highest BCUT2D eigenvalue weighted by atomic mass is 35.5. The van der Waals surface area contributed by atoms with Gasteiger partial charge in [-0.1, -0.05) is 23.7 Å². The van der Waals surface area contributed by atoms with Gasteiger partial charge in [0.1, 0.15) is 0 Å². The van der Waals surface area contributed by atoms with E-state index in [0.717, 1.165) is 12.0 Å². The van der Waals surface area contributed by atoms with Gasteiger partial charge in [0, 0.05) is 11.6 Å². The predicted molar refractivity (Wildman–Crippen MR) is 58.0 cm³/mol. The number of nitrogens with two attached hydrogens (primary N) is 1. The molecule has 1 rings (SSSR count). The zero-order valence-corrected chi connectivity index (χ0v) is 8.60. The van der Waals surface area contributed by atoms with Crippen LogP contribution in [-0.4, -0.2) is 6.54 Å². The maximum absolute atomic E-state index is 12.2. The number of rotatable bonds is 4. The summed E-state index contributed by atoms with van der Waals surface area (Å²) in [5.41, 5.74) is 7.12. The van der Waals surface area contributed by atoms with Gasteiger partial charge in [-0.25, -0.2) is 4.39 Å². The molecule has 0 spiro atoms. The van der Waals surface area contributed by atoms with Crippen LogP contribution in [0.4, 0.5) is 4.39 Å². The minimum atomic E-state index is 0.282. The molecule has 0 heterocycles. The molecular weight excluding hydrogens is 201 g/mol. The molecule has 14 heavy (non-hydrogen) atoms. The lowest BCUT2D eigenvalue weighted by Crippen LogP contribution is -2.03. The van der Waals surface area contributed by atoms with Crippen LogP contribution in [0.1, 0.15) is 12.0 Å². The van der Waals surface area contributed by atoms with Gasteiger partial charge in [0.25, 0.3) is 0 Å². The summed E-state index contributed by atoms with van der Waals surface area (Å²) in [4.78, 5) is 0. The van der Waals surface area contributed by atoms with Crippen molar-refractivity contribution >= 4 is 11.6 Å². The van der Waals surface area contributed by atoms with E-state index < -0.39 is 0 Å². The summed E-state index contributed by atoms with van der Waals surface area (Å²) in [6.45, 7) is 0.282. The molecule has 2 N–H and O–H groups in total.